The molecule has 0 radical (unpaired) electrons. The zero-order valence-corrected chi connectivity index (χ0v) is 8.00. The van der Waals surface area contributed by atoms with Gasteiger partial charge in [0.2, 0.25) is 0 Å². The number of rotatable bonds is 2. The number of nitrogens with zero attached hydrogens (tertiary/aromatic N) is 3. The summed E-state index contributed by atoms with van der Waals surface area (Å²) in [7, 11) is 0. The van der Waals surface area contributed by atoms with Gasteiger partial charge in [-0.2, -0.15) is 0 Å². The van der Waals surface area contributed by atoms with Crippen molar-refractivity contribution in [3.05, 3.63) is 42.6 Å². The van der Waals surface area contributed by atoms with Crippen molar-refractivity contribution in [1.29, 1.82) is 0 Å². The van der Waals surface area contributed by atoms with Crippen molar-refractivity contribution in [2.24, 2.45) is 10.3 Å². The van der Waals surface area contributed by atoms with Crippen molar-refractivity contribution in [1.82, 2.24) is 5.01 Å². The lowest BCUT2D eigenvalue weighted by Gasteiger charge is -2.15. The standard InChI is InChI=1S/C11H13N3/c1-3-7-11(8-4-1)12-13-14-9-5-2-6-10-14/h1,3-5,7-9H,2,6,10H2. The molecule has 1 aliphatic heterocycles. The molecule has 0 N–H and O–H groups in total. The summed E-state index contributed by atoms with van der Waals surface area (Å²) in [5, 5.41) is 10.1. The normalized spacial score (nSPS) is 16.4. The monoisotopic (exact) mass is 187 g/mol. The summed E-state index contributed by atoms with van der Waals surface area (Å²) in [6, 6.07) is 9.77. The molecule has 1 heterocycles. The molecular weight excluding hydrogens is 174 g/mol. The minimum Gasteiger partial charge on any atom is -0.254 e. The fraction of sp³-hybridized carbons (Fsp3) is 0.273. The molecule has 0 spiro atoms. The molecule has 0 bridgehead atoms. The van der Waals surface area contributed by atoms with Gasteiger partial charge in [0, 0.05) is 12.7 Å². The molecule has 1 aromatic rings. The van der Waals surface area contributed by atoms with Crippen molar-refractivity contribution < 1.29 is 0 Å². The Morgan fingerprint density at radius 1 is 1.14 bits per heavy atom. The largest absolute Gasteiger partial charge is 0.254 e. The van der Waals surface area contributed by atoms with Crippen LogP contribution < -0.4 is 0 Å². The van der Waals surface area contributed by atoms with E-state index < -0.39 is 0 Å². The fourth-order valence-electron chi connectivity index (χ4n) is 1.32. The average molecular weight is 187 g/mol. The van der Waals surface area contributed by atoms with E-state index in [0.29, 0.717) is 0 Å². The Morgan fingerprint density at radius 2 is 2.00 bits per heavy atom. The Kier molecular flexibility index (Phi) is 2.91. The van der Waals surface area contributed by atoms with E-state index in [1.54, 1.807) is 0 Å². The Labute approximate surface area is 83.7 Å². The molecule has 0 atom stereocenters. The van der Waals surface area contributed by atoms with E-state index in [-0.39, 0.29) is 0 Å². The van der Waals surface area contributed by atoms with Crippen LogP contribution in [0.2, 0.25) is 0 Å². The van der Waals surface area contributed by atoms with Crippen LogP contribution in [0.4, 0.5) is 5.69 Å². The minimum atomic E-state index is 0.895. The van der Waals surface area contributed by atoms with Crippen LogP contribution in [-0.4, -0.2) is 11.6 Å². The average Bonchev–Trinajstić information content (AvgIpc) is 2.29. The molecule has 3 nitrogen and oxygen atoms in total. The van der Waals surface area contributed by atoms with Crippen LogP contribution in [0.3, 0.4) is 0 Å². The number of benzene rings is 1. The van der Waals surface area contributed by atoms with Gasteiger partial charge in [-0.1, -0.05) is 29.5 Å². The second-order valence-corrected chi connectivity index (χ2v) is 3.22. The van der Waals surface area contributed by atoms with E-state index in [0.717, 1.165) is 25.1 Å². The highest BCUT2D eigenvalue weighted by Gasteiger charge is 2.00. The van der Waals surface area contributed by atoms with Crippen LogP contribution in [0.1, 0.15) is 12.8 Å². The van der Waals surface area contributed by atoms with Crippen molar-refractivity contribution in [2.75, 3.05) is 6.54 Å². The topological polar surface area (TPSA) is 28.0 Å². The number of hydrogen-bond acceptors (Lipinski definition) is 2. The lowest BCUT2D eigenvalue weighted by molar-refractivity contribution is 0.353. The fourth-order valence-corrected chi connectivity index (χ4v) is 1.32. The molecule has 0 fully saturated rings. The predicted molar refractivity (Wildman–Crippen MR) is 56.0 cm³/mol. The summed E-state index contributed by atoms with van der Waals surface area (Å²) in [6.07, 6.45) is 6.41. The molecule has 1 aliphatic rings. The molecule has 3 heteroatoms. The van der Waals surface area contributed by atoms with Gasteiger partial charge in [-0.3, -0.25) is 5.01 Å². The molecule has 2 rings (SSSR count). The number of hydrogen-bond donors (Lipinski definition) is 0. The second kappa shape index (κ2) is 4.56. The third kappa shape index (κ3) is 2.42. The maximum atomic E-state index is 4.13. The smallest absolute Gasteiger partial charge is 0.0874 e. The van der Waals surface area contributed by atoms with Crippen molar-refractivity contribution in [3.8, 4) is 0 Å². The van der Waals surface area contributed by atoms with Gasteiger partial charge in [-0.15, -0.1) is 5.11 Å². The lowest BCUT2D eigenvalue weighted by Crippen LogP contribution is -2.13. The van der Waals surface area contributed by atoms with Gasteiger partial charge in [-0.25, -0.2) is 0 Å². The van der Waals surface area contributed by atoms with Crippen LogP contribution in [0.5, 0.6) is 0 Å². The molecule has 0 amide bonds. The van der Waals surface area contributed by atoms with Gasteiger partial charge >= 0.3 is 0 Å². The number of allylic oxidation sites excluding steroid dienone is 1. The molecule has 0 aliphatic carbocycles. The highest BCUT2D eigenvalue weighted by Crippen LogP contribution is 2.13. The molecule has 1 aromatic carbocycles. The van der Waals surface area contributed by atoms with Gasteiger partial charge in [0.25, 0.3) is 0 Å². The van der Waals surface area contributed by atoms with Crippen LogP contribution in [0.15, 0.2) is 52.9 Å². The van der Waals surface area contributed by atoms with Crippen LogP contribution >= 0.6 is 0 Å². The maximum absolute atomic E-state index is 4.13. The van der Waals surface area contributed by atoms with Crippen LogP contribution in [0.25, 0.3) is 0 Å². The van der Waals surface area contributed by atoms with E-state index in [4.69, 9.17) is 0 Å². The van der Waals surface area contributed by atoms with Crippen LogP contribution in [0, 0.1) is 0 Å². The van der Waals surface area contributed by atoms with Gasteiger partial charge in [0.1, 0.15) is 0 Å². The zero-order chi connectivity index (χ0) is 9.64. The molecule has 14 heavy (non-hydrogen) atoms. The SMILES string of the molecule is C1=CN(N=Nc2ccccc2)CCC1. The highest BCUT2D eigenvalue weighted by molar-refractivity contribution is 5.34. The minimum absolute atomic E-state index is 0.895. The van der Waals surface area contributed by atoms with Crippen LogP contribution in [-0.2, 0) is 0 Å². The summed E-state index contributed by atoms with van der Waals surface area (Å²) in [4.78, 5) is 0. The summed E-state index contributed by atoms with van der Waals surface area (Å²) in [6.45, 7) is 0.965. The first-order chi connectivity index (χ1) is 6.95. The summed E-state index contributed by atoms with van der Waals surface area (Å²) >= 11 is 0. The molecule has 0 aromatic heterocycles. The first-order valence-electron chi connectivity index (χ1n) is 4.85. The first kappa shape index (κ1) is 8.94. The molecule has 72 valence electrons. The summed E-state index contributed by atoms with van der Waals surface area (Å²) < 4.78 is 0. The molecule has 0 saturated heterocycles. The Bertz CT molecular complexity index is 330. The third-order valence-electron chi connectivity index (χ3n) is 2.07. The predicted octanol–water partition coefficient (Wildman–Crippen LogP) is 3.29. The highest BCUT2D eigenvalue weighted by atomic mass is 15.5. The lowest BCUT2D eigenvalue weighted by atomic mass is 10.2. The Hall–Kier alpha value is -1.64. The van der Waals surface area contributed by atoms with Gasteiger partial charge in [0.15, 0.2) is 0 Å². The van der Waals surface area contributed by atoms with E-state index in [9.17, 15) is 0 Å². The molecule has 0 unspecified atom stereocenters. The van der Waals surface area contributed by atoms with E-state index in [2.05, 4.69) is 16.4 Å². The van der Waals surface area contributed by atoms with Gasteiger partial charge in [0.05, 0.1) is 5.69 Å². The third-order valence-corrected chi connectivity index (χ3v) is 2.07. The van der Waals surface area contributed by atoms with E-state index in [1.165, 1.54) is 0 Å². The zero-order valence-electron chi connectivity index (χ0n) is 8.00. The quantitative estimate of drug-likeness (QED) is 0.653. The van der Waals surface area contributed by atoms with Gasteiger partial charge in [-0.05, 0) is 25.0 Å². The maximum Gasteiger partial charge on any atom is 0.0874 e. The second-order valence-electron chi connectivity index (χ2n) is 3.22. The van der Waals surface area contributed by atoms with E-state index >= 15 is 0 Å². The summed E-state index contributed by atoms with van der Waals surface area (Å²) in [5.41, 5.74) is 0.895. The van der Waals surface area contributed by atoms with Crippen molar-refractivity contribution in [3.63, 3.8) is 0 Å². The Morgan fingerprint density at radius 3 is 2.71 bits per heavy atom. The van der Waals surface area contributed by atoms with Gasteiger partial charge < -0.3 is 0 Å². The van der Waals surface area contributed by atoms with Crippen molar-refractivity contribution in [2.45, 2.75) is 12.8 Å². The molecule has 0 saturated carbocycles. The Balaban J connectivity index is 1.99. The van der Waals surface area contributed by atoms with E-state index in [1.807, 2.05) is 41.5 Å². The van der Waals surface area contributed by atoms with Crippen molar-refractivity contribution >= 4 is 5.69 Å². The first-order valence-corrected chi connectivity index (χ1v) is 4.85. The molecular formula is C11H13N3. The summed E-state index contributed by atoms with van der Waals surface area (Å²) in [5.74, 6) is 0.